The van der Waals surface area contributed by atoms with Crippen LogP contribution in [0.1, 0.15) is 25.7 Å². The van der Waals surface area contributed by atoms with Crippen LogP contribution in [0.25, 0.3) is 0 Å². The van der Waals surface area contributed by atoms with Crippen LogP contribution in [-0.4, -0.2) is 22.3 Å². The van der Waals surface area contributed by atoms with Gasteiger partial charge in [0, 0.05) is 0 Å². The van der Waals surface area contributed by atoms with Gasteiger partial charge in [-0.05, 0) is 37.0 Å². The summed E-state index contributed by atoms with van der Waals surface area (Å²) in [4.78, 5) is 10.2. The Morgan fingerprint density at radius 1 is 1.64 bits per heavy atom. The second-order valence-electron chi connectivity index (χ2n) is 3.85. The van der Waals surface area contributed by atoms with Gasteiger partial charge in [-0.25, -0.2) is 4.79 Å². The molecule has 0 aromatic heterocycles. The maximum absolute atomic E-state index is 10.2. The Balaban J connectivity index is 1.78. The molecule has 3 nitrogen and oxygen atoms in total. The molecular formula is C8H12O3. The molecule has 2 aliphatic carbocycles. The lowest BCUT2D eigenvalue weighted by molar-refractivity contribution is -0.147. The highest BCUT2D eigenvalue weighted by molar-refractivity contribution is 5.71. The molecule has 0 heterocycles. The van der Waals surface area contributed by atoms with E-state index < -0.39 is 12.1 Å². The Bertz CT molecular complexity index is 196. The second-order valence-corrected chi connectivity index (χ2v) is 3.85. The number of carboxylic acid groups (broad SMARTS) is 1. The number of aliphatic carboxylic acids is 1. The molecule has 0 aromatic rings. The Kier molecular flexibility index (Phi) is 1.27. The van der Waals surface area contributed by atoms with Gasteiger partial charge in [0.05, 0.1) is 0 Å². The average Bonchev–Trinajstić information content (AvgIpc) is 2.78. The molecule has 2 fully saturated rings. The lowest BCUT2D eigenvalue weighted by Gasteiger charge is -2.02. The van der Waals surface area contributed by atoms with E-state index in [1.807, 2.05) is 0 Å². The minimum atomic E-state index is -1.13. The van der Waals surface area contributed by atoms with Gasteiger partial charge in [-0.2, -0.15) is 0 Å². The molecule has 2 aliphatic rings. The number of aliphatic hydroxyl groups is 1. The highest BCUT2D eigenvalue weighted by Crippen LogP contribution is 2.71. The van der Waals surface area contributed by atoms with E-state index in [1.165, 1.54) is 12.8 Å². The molecule has 2 atom stereocenters. The Hall–Kier alpha value is -0.570. The van der Waals surface area contributed by atoms with Gasteiger partial charge >= 0.3 is 5.97 Å². The fraction of sp³-hybridized carbons (Fsp3) is 0.875. The van der Waals surface area contributed by atoms with Crippen molar-refractivity contribution in [3.8, 4) is 0 Å². The number of rotatable bonds is 3. The van der Waals surface area contributed by atoms with Crippen molar-refractivity contribution >= 4 is 5.97 Å². The van der Waals surface area contributed by atoms with Gasteiger partial charge in [-0.3, -0.25) is 0 Å². The lowest BCUT2D eigenvalue weighted by atomic mass is 10.1. The van der Waals surface area contributed by atoms with Crippen LogP contribution in [0.5, 0.6) is 0 Å². The van der Waals surface area contributed by atoms with Crippen molar-refractivity contribution in [2.75, 3.05) is 0 Å². The molecular weight excluding hydrogens is 144 g/mol. The SMILES string of the molecule is O=C(O)C(O)CC1CC12CC2. The molecule has 62 valence electrons. The number of carboxylic acids is 1. The van der Waals surface area contributed by atoms with Crippen molar-refractivity contribution in [2.45, 2.75) is 31.8 Å². The summed E-state index contributed by atoms with van der Waals surface area (Å²) in [5.41, 5.74) is 0.510. The molecule has 2 rings (SSSR count). The van der Waals surface area contributed by atoms with Gasteiger partial charge in [0.2, 0.25) is 0 Å². The molecule has 2 unspecified atom stereocenters. The highest BCUT2D eigenvalue weighted by Gasteiger charge is 2.62. The summed E-state index contributed by atoms with van der Waals surface area (Å²) < 4.78 is 0. The van der Waals surface area contributed by atoms with Crippen LogP contribution >= 0.6 is 0 Å². The molecule has 1 spiro atoms. The number of hydrogen-bond donors (Lipinski definition) is 2. The minimum Gasteiger partial charge on any atom is -0.479 e. The third-order valence-corrected chi connectivity index (χ3v) is 3.04. The molecule has 0 aliphatic heterocycles. The predicted octanol–water partition coefficient (Wildman–Crippen LogP) is 0.622. The molecule has 0 radical (unpaired) electrons. The molecule has 0 aromatic carbocycles. The van der Waals surface area contributed by atoms with Crippen molar-refractivity contribution < 1.29 is 15.0 Å². The van der Waals surface area contributed by atoms with E-state index in [0.29, 0.717) is 17.8 Å². The van der Waals surface area contributed by atoms with Gasteiger partial charge in [0.1, 0.15) is 0 Å². The van der Waals surface area contributed by atoms with Crippen LogP contribution in [0.3, 0.4) is 0 Å². The van der Waals surface area contributed by atoms with E-state index in [-0.39, 0.29) is 0 Å². The summed E-state index contributed by atoms with van der Waals surface area (Å²) in [5, 5.41) is 17.4. The second kappa shape index (κ2) is 1.97. The van der Waals surface area contributed by atoms with Crippen LogP contribution < -0.4 is 0 Å². The molecule has 3 heteroatoms. The topological polar surface area (TPSA) is 57.5 Å². The first-order valence-corrected chi connectivity index (χ1v) is 4.05. The monoisotopic (exact) mass is 156 g/mol. The van der Waals surface area contributed by atoms with Crippen LogP contribution in [0, 0.1) is 11.3 Å². The Labute approximate surface area is 65.0 Å². The van der Waals surface area contributed by atoms with E-state index >= 15 is 0 Å². The summed E-state index contributed by atoms with van der Waals surface area (Å²) >= 11 is 0. The van der Waals surface area contributed by atoms with Gasteiger partial charge in [0.15, 0.2) is 6.10 Å². The third-order valence-electron chi connectivity index (χ3n) is 3.04. The molecule has 0 saturated heterocycles. The van der Waals surface area contributed by atoms with Gasteiger partial charge in [0.25, 0.3) is 0 Å². The van der Waals surface area contributed by atoms with Crippen LogP contribution in [0.4, 0.5) is 0 Å². The van der Waals surface area contributed by atoms with Crippen LogP contribution in [0.15, 0.2) is 0 Å². The Morgan fingerprint density at radius 3 is 2.64 bits per heavy atom. The highest BCUT2D eigenvalue weighted by atomic mass is 16.4. The first-order chi connectivity index (χ1) is 5.14. The zero-order valence-electron chi connectivity index (χ0n) is 6.29. The van der Waals surface area contributed by atoms with E-state index in [2.05, 4.69) is 0 Å². The standard InChI is InChI=1S/C8H12O3/c9-6(7(10)11)3-5-4-8(5)1-2-8/h5-6,9H,1-4H2,(H,10,11). The maximum atomic E-state index is 10.2. The van der Waals surface area contributed by atoms with Crippen LogP contribution in [0.2, 0.25) is 0 Å². The summed E-state index contributed by atoms with van der Waals surface area (Å²) in [6.07, 6.45) is 3.00. The lowest BCUT2D eigenvalue weighted by Crippen LogP contribution is -2.20. The molecule has 0 bridgehead atoms. The molecule has 11 heavy (non-hydrogen) atoms. The van der Waals surface area contributed by atoms with Crippen molar-refractivity contribution in [2.24, 2.45) is 11.3 Å². The van der Waals surface area contributed by atoms with Gasteiger partial charge < -0.3 is 10.2 Å². The quantitative estimate of drug-likeness (QED) is 0.629. The molecule has 0 amide bonds. The normalized spacial score (nSPS) is 33.4. The Morgan fingerprint density at radius 2 is 2.27 bits per heavy atom. The minimum absolute atomic E-state index is 0.468. The van der Waals surface area contributed by atoms with Gasteiger partial charge in [-0.15, -0.1) is 0 Å². The van der Waals surface area contributed by atoms with Gasteiger partial charge in [-0.1, -0.05) is 0 Å². The van der Waals surface area contributed by atoms with Crippen molar-refractivity contribution in [1.29, 1.82) is 0 Å². The average molecular weight is 156 g/mol. The molecule has 2 N–H and O–H groups in total. The summed E-state index contributed by atoms with van der Waals surface area (Å²) in [6, 6.07) is 0. The van der Waals surface area contributed by atoms with E-state index in [4.69, 9.17) is 10.2 Å². The first-order valence-electron chi connectivity index (χ1n) is 4.05. The smallest absolute Gasteiger partial charge is 0.332 e. The number of hydrogen-bond acceptors (Lipinski definition) is 2. The number of aliphatic hydroxyl groups excluding tert-OH is 1. The van der Waals surface area contributed by atoms with E-state index in [9.17, 15) is 4.79 Å². The van der Waals surface area contributed by atoms with Crippen LogP contribution in [-0.2, 0) is 4.79 Å². The first kappa shape index (κ1) is 7.10. The fourth-order valence-electron chi connectivity index (χ4n) is 1.91. The van der Waals surface area contributed by atoms with Crippen molar-refractivity contribution in [1.82, 2.24) is 0 Å². The summed E-state index contributed by atoms with van der Waals surface area (Å²) in [5.74, 6) is -0.568. The van der Waals surface area contributed by atoms with Crippen molar-refractivity contribution in [3.05, 3.63) is 0 Å². The van der Waals surface area contributed by atoms with E-state index in [1.54, 1.807) is 0 Å². The summed E-state index contributed by atoms with van der Waals surface area (Å²) in [6.45, 7) is 0. The fourth-order valence-corrected chi connectivity index (χ4v) is 1.91. The molecule has 2 saturated carbocycles. The van der Waals surface area contributed by atoms with E-state index in [0.717, 1.165) is 6.42 Å². The maximum Gasteiger partial charge on any atom is 0.332 e. The third kappa shape index (κ3) is 1.13. The van der Waals surface area contributed by atoms with Crippen molar-refractivity contribution in [3.63, 3.8) is 0 Å². The largest absolute Gasteiger partial charge is 0.479 e. The summed E-state index contributed by atoms with van der Waals surface area (Å²) in [7, 11) is 0. The number of carbonyl (C=O) groups is 1. The zero-order valence-corrected chi connectivity index (χ0v) is 6.29. The zero-order chi connectivity index (χ0) is 8.06. The predicted molar refractivity (Wildman–Crippen MR) is 38.0 cm³/mol.